The SMILES string of the molecule is O=C(Nc1ccc(C(F)(F)F)cc1)c1cc(S(=O)(=O)NCc2ccccc2)ccc1F. The fourth-order valence-corrected chi connectivity index (χ4v) is 3.69. The maximum atomic E-state index is 14.2. The Bertz CT molecular complexity index is 1180. The Balaban J connectivity index is 1.77. The number of anilines is 1. The predicted octanol–water partition coefficient (Wildman–Crippen LogP) is 4.58. The van der Waals surface area contributed by atoms with Crippen molar-refractivity contribution in [3.05, 3.63) is 95.3 Å². The number of amides is 1. The molecule has 0 bridgehead atoms. The van der Waals surface area contributed by atoms with Crippen LogP contribution in [-0.2, 0) is 22.7 Å². The number of alkyl halides is 3. The van der Waals surface area contributed by atoms with Crippen LogP contribution < -0.4 is 10.0 Å². The minimum absolute atomic E-state index is 0.00632. The third kappa shape index (κ3) is 5.68. The molecule has 0 aliphatic carbocycles. The maximum Gasteiger partial charge on any atom is 0.416 e. The molecule has 162 valence electrons. The minimum atomic E-state index is -4.54. The zero-order valence-electron chi connectivity index (χ0n) is 15.8. The molecule has 31 heavy (non-hydrogen) atoms. The first-order chi connectivity index (χ1) is 14.6. The molecule has 0 saturated carbocycles. The van der Waals surface area contributed by atoms with Crippen LogP contribution in [0.25, 0.3) is 0 Å². The van der Waals surface area contributed by atoms with Crippen molar-refractivity contribution in [2.24, 2.45) is 0 Å². The van der Waals surface area contributed by atoms with Crippen molar-refractivity contribution in [2.45, 2.75) is 17.6 Å². The Morgan fingerprint density at radius 1 is 0.903 bits per heavy atom. The molecular weight excluding hydrogens is 436 g/mol. The van der Waals surface area contributed by atoms with Crippen molar-refractivity contribution in [2.75, 3.05) is 5.32 Å². The maximum absolute atomic E-state index is 14.2. The third-order valence-electron chi connectivity index (χ3n) is 4.27. The Kier molecular flexibility index (Phi) is 6.42. The lowest BCUT2D eigenvalue weighted by molar-refractivity contribution is -0.137. The van der Waals surface area contributed by atoms with E-state index in [1.165, 1.54) is 0 Å². The van der Waals surface area contributed by atoms with Crippen molar-refractivity contribution in [1.82, 2.24) is 4.72 Å². The number of halogens is 4. The van der Waals surface area contributed by atoms with E-state index in [2.05, 4.69) is 10.0 Å². The molecule has 0 aromatic heterocycles. The van der Waals surface area contributed by atoms with E-state index in [1.807, 2.05) is 0 Å². The molecule has 2 N–H and O–H groups in total. The molecule has 0 aliphatic rings. The highest BCUT2D eigenvalue weighted by molar-refractivity contribution is 7.89. The first kappa shape index (κ1) is 22.4. The molecule has 10 heteroatoms. The number of sulfonamides is 1. The number of hydrogen-bond acceptors (Lipinski definition) is 3. The number of carbonyl (C=O) groups excluding carboxylic acids is 1. The summed E-state index contributed by atoms with van der Waals surface area (Å²) in [6, 6.07) is 15.0. The molecule has 0 atom stereocenters. The molecule has 3 rings (SSSR count). The summed E-state index contributed by atoms with van der Waals surface area (Å²) in [5.41, 5.74) is -0.780. The number of nitrogens with one attached hydrogen (secondary N) is 2. The monoisotopic (exact) mass is 452 g/mol. The Labute approximate surface area is 175 Å². The summed E-state index contributed by atoms with van der Waals surface area (Å²) in [5.74, 6) is -1.98. The fourth-order valence-electron chi connectivity index (χ4n) is 2.64. The Morgan fingerprint density at radius 2 is 1.55 bits per heavy atom. The van der Waals surface area contributed by atoms with Gasteiger partial charge in [0.15, 0.2) is 0 Å². The molecule has 0 saturated heterocycles. The fraction of sp³-hybridized carbons (Fsp3) is 0.0952. The normalized spacial score (nSPS) is 11.9. The second-order valence-electron chi connectivity index (χ2n) is 6.48. The molecule has 5 nitrogen and oxygen atoms in total. The van der Waals surface area contributed by atoms with Gasteiger partial charge in [0.05, 0.1) is 16.0 Å². The van der Waals surface area contributed by atoms with Crippen LogP contribution in [0.2, 0.25) is 0 Å². The molecule has 0 heterocycles. The van der Waals surface area contributed by atoms with Crippen LogP contribution in [0.1, 0.15) is 21.5 Å². The summed E-state index contributed by atoms with van der Waals surface area (Å²) in [7, 11) is -4.05. The van der Waals surface area contributed by atoms with Gasteiger partial charge >= 0.3 is 6.18 Å². The Hall–Kier alpha value is -3.24. The lowest BCUT2D eigenvalue weighted by Crippen LogP contribution is -2.24. The van der Waals surface area contributed by atoms with E-state index >= 15 is 0 Å². The molecule has 0 unspecified atom stereocenters. The summed E-state index contributed by atoms with van der Waals surface area (Å²) < 4.78 is 79.4. The van der Waals surface area contributed by atoms with E-state index in [0.717, 1.165) is 42.5 Å². The molecule has 0 fully saturated rings. The van der Waals surface area contributed by atoms with Gasteiger partial charge in [0.2, 0.25) is 10.0 Å². The van der Waals surface area contributed by atoms with Gasteiger partial charge in [0.1, 0.15) is 5.82 Å². The molecule has 3 aromatic rings. The van der Waals surface area contributed by atoms with Crippen LogP contribution in [0.15, 0.2) is 77.7 Å². The average molecular weight is 452 g/mol. The minimum Gasteiger partial charge on any atom is -0.322 e. The van der Waals surface area contributed by atoms with Gasteiger partial charge in [-0.15, -0.1) is 0 Å². The zero-order valence-corrected chi connectivity index (χ0v) is 16.6. The summed E-state index contributed by atoms with van der Waals surface area (Å²) in [5, 5.41) is 2.25. The lowest BCUT2D eigenvalue weighted by atomic mass is 10.1. The van der Waals surface area contributed by atoms with Crippen LogP contribution in [0.3, 0.4) is 0 Å². The standard InChI is InChI=1S/C21H16F4N2O3S/c22-19-11-10-17(31(29,30)26-13-14-4-2-1-3-5-14)12-18(19)20(28)27-16-8-6-15(7-9-16)21(23,24)25/h1-12,26H,13H2,(H,27,28). The van der Waals surface area contributed by atoms with E-state index in [-0.39, 0.29) is 17.1 Å². The topological polar surface area (TPSA) is 75.3 Å². The van der Waals surface area contributed by atoms with E-state index in [4.69, 9.17) is 0 Å². The summed E-state index contributed by atoms with van der Waals surface area (Å²) in [6.45, 7) is -0.00632. The molecule has 1 amide bonds. The van der Waals surface area contributed by atoms with Gasteiger partial charge in [-0.1, -0.05) is 30.3 Å². The number of hydrogen-bond donors (Lipinski definition) is 2. The van der Waals surface area contributed by atoms with Crippen molar-refractivity contribution < 1.29 is 30.8 Å². The van der Waals surface area contributed by atoms with Crippen LogP contribution in [0, 0.1) is 5.82 Å². The van der Waals surface area contributed by atoms with E-state index < -0.39 is 39.1 Å². The molecule has 3 aromatic carbocycles. The summed E-state index contributed by atoms with van der Waals surface area (Å²) in [6.07, 6.45) is -4.54. The van der Waals surface area contributed by atoms with Gasteiger partial charge in [-0.05, 0) is 48.0 Å². The molecule has 0 spiro atoms. The Morgan fingerprint density at radius 3 is 2.16 bits per heavy atom. The third-order valence-corrected chi connectivity index (χ3v) is 5.67. The largest absolute Gasteiger partial charge is 0.416 e. The van der Waals surface area contributed by atoms with E-state index in [9.17, 15) is 30.8 Å². The first-order valence-electron chi connectivity index (χ1n) is 8.88. The second kappa shape index (κ2) is 8.86. The summed E-state index contributed by atoms with van der Waals surface area (Å²) >= 11 is 0. The van der Waals surface area contributed by atoms with Crippen LogP contribution in [0.5, 0.6) is 0 Å². The molecule has 0 radical (unpaired) electrons. The van der Waals surface area contributed by atoms with Gasteiger partial charge in [0.25, 0.3) is 5.91 Å². The van der Waals surface area contributed by atoms with Crippen molar-refractivity contribution in [1.29, 1.82) is 0 Å². The first-order valence-corrected chi connectivity index (χ1v) is 10.4. The van der Waals surface area contributed by atoms with Crippen molar-refractivity contribution in [3.63, 3.8) is 0 Å². The van der Waals surface area contributed by atoms with Crippen LogP contribution in [-0.4, -0.2) is 14.3 Å². The smallest absolute Gasteiger partial charge is 0.322 e. The van der Waals surface area contributed by atoms with Crippen molar-refractivity contribution >= 4 is 21.6 Å². The lowest BCUT2D eigenvalue weighted by Gasteiger charge is -2.11. The highest BCUT2D eigenvalue weighted by Gasteiger charge is 2.30. The summed E-state index contributed by atoms with van der Waals surface area (Å²) in [4.78, 5) is 12.1. The van der Waals surface area contributed by atoms with E-state index in [0.29, 0.717) is 5.56 Å². The predicted molar refractivity (Wildman–Crippen MR) is 106 cm³/mol. The number of benzene rings is 3. The second-order valence-corrected chi connectivity index (χ2v) is 8.25. The van der Waals surface area contributed by atoms with E-state index in [1.54, 1.807) is 30.3 Å². The molecule has 0 aliphatic heterocycles. The number of carbonyl (C=O) groups is 1. The van der Waals surface area contributed by atoms with Gasteiger partial charge in [-0.25, -0.2) is 17.5 Å². The van der Waals surface area contributed by atoms with Gasteiger partial charge in [-0.3, -0.25) is 4.79 Å². The van der Waals surface area contributed by atoms with Crippen molar-refractivity contribution in [3.8, 4) is 0 Å². The highest BCUT2D eigenvalue weighted by atomic mass is 32.2. The van der Waals surface area contributed by atoms with Crippen LogP contribution in [0.4, 0.5) is 23.2 Å². The van der Waals surface area contributed by atoms with Gasteiger partial charge in [0, 0.05) is 12.2 Å². The zero-order chi connectivity index (χ0) is 22.6. The average Bonchev–Trinajstić information content (AvgIpc) is 2.73. The highest BCUT2D eigenvalue weighted by Crippen LogP contribution is 2.30. The quantitative estimate of drug-likeness (QED) is 0.538. The van der Waals surface area contributed by atoms with Crippen LogP contribution >= 0.6 is 0 Å². The van der Waals surface area contributed by atoms with Gasteiger partial charge in [-0.2, -0.15) is 13.2 Å². The van der Waals surface area contributed by atoms with Gasteiger partial charge < -0.3 is 5.32 Å². The number of rotatable bonds is 6. The molecular formula is C21H16F4N2O3S.